The summed E-state index contributed by atoms with van der Waals surface area (Å²) in [4.78, 5) is 34.8. The third-order valence-electron chi connectivity index (χ3n) is 4.24. The monoisotopic (exact) mass is 367 g/mol. The van der Waals surface area contributed by atoms with Crippen LogP contribution in [0.2, 0.25) is 0 Å². The van der Waals surface area contributed by atoms with E-state index in [4.69, 9.17) is 9.47 Å². The van der Waals surface area contributed by atoms with E-state index in [9.17, 15) is 19.8 Å². The van der Waals surface area contributed by atoms with Crippen molar-refractivity contribution in [3.63, 3.8) is 0 Å². The van der Waals surface area contributed by atoms with Gasteiger partial charge >= 0.3 is 0 Å². The summed E-state index contributed by atoms with van der Waals surface area (Å²) in [5.74, 6) is -0.618. The minimum absolute atomic E-state index is 0.0193. The molecule has 0 bridgehead atoms. The lowest BCUT2D eigenvalue weighted by Crippen LogP contribution is -2.34. The van der Waals surface area contributed by atoms with Crippen LogP contribution in [-0.2, 0) is 14.3 Å². The van der Waals surface area contributed by atoms with Gasteiger partial charge in [-0.2, -0.15) is 4.98 Å². The number of methoxy groups -OCH3 is 1. The summed E-state index contributed by atoms with van der Waals surface area (Å²) in [5.41, 5.74) is -0.322. The molecular weight excluding hydrogens is 346 g/mol. The highest BCUT2D eigenvalue weighted by Crippen LogP contribution is 2.32. The molecule has 3 rings (SSSR count). The largest absolute Gasteiger partial charge is 0.394 e. The third kappa shape index (κ3) is 3.09. The van der Waals surface area contributed by atoms with Gasteiger partial charge < -0.3 is 19.7 Å². The topological polar surface area (TPSA) is 152 Å². The molecule has 1 fully saturated rings. The summed E-state index contributed by atoms with van der Waals surface area (Å²) in [6.07, 6.45) is -2.21. The number of nitrogens with one attached hydrogen (secondary N) is 2. The number of rotatable bonds is 5. The molecule has 11 nitrogen and oxygen atoms in total. The first-order valence-corrected chi connectivity index (χ1v) is 8.12. The Morgan fingerprint density at radius 2 is 2.27 bits per heavy atom. The Morgan fingerprint density at radius 3 is 2.88 bits per heavy atom. The van der Waals surface area contributed by atoms with E-state index >= 15 is 0 Å². The molecule has 1 aliphatic heterocycles. The number of imidazole rings is 1. The number of carbonyl (C=O) groups is 1. The molecule has 1 amide bonds. The second kappa shape index (κ2) is 7.11. The average Bonchev–Trinajstić information content (AvgIpc) is 3.15. The van der Waals surface area contributed by atoms with Crippen LogP contribution in [0.3, 0.4) is 0 Å². The fourth-order valence-corrected chi connectivity index (χ4v) is 2.78. The van der Waals surface area contributed by atoms with Gasteiger partial charge in [0.2, 0.25) is 11.9 Å². The van der Waals surface area contributed by atoms with E-state index in [1.54, 1.807) is 13.8 Å². The molecule has 0 saturated carbocycles. The first kappa shape index (κ1) is 18.5. The van der Waals surface area contributed by atoms with Gasteiger partial charge in [-0.1, -0.05) is 13.8 Å². The molecule has 0 aliphatic carbocycles. The highest BCUT2D eigenvalue weighted by molar-refractivity contribution is 5.91. The Hall–Kier alpha value is -2.34. The SMILES string of the molecule is COC1[C@@H](O)[C@@H](CO)O[C@H]1n1cnc2c(=O)[nH]c(NC(=O)C(C)C)nc21. The Balaban J connectivity index is 2.03. The number of anilines is 1. The van der Waals surface area contributed by atoms with Crippen molar-refractivity contribution in [2.45, 2.75) is 38.4 Å². The number of nitrogens with zero attached hydrogens (tertiary/aromatic N) is 3. The Morgan fingerprint density at radius 1 is 1.54 bits per heavy atom. The van der Waals surface area contributed by atoms with Crippen molar-refractivity contribution in [2.24, 2.45) is 5.92 Å². The molecule has 2 aromatic rings. The Bertz CT molecular complexity index is 862. The number of carbonyl (C=O) groups excluding carboxylic acids is 1. The van der Waals surface area contributed by atoms with Crippen molar-refractivity contribution in [2.75, 3.05) is 19.0 Å². The van der Waals surface area contributed by atoms with Crippen molar-refractivity contribution in [3.05, 3.63) is 16.7 Å². The van der Waals surface area contributed by atoms with Gasteiger partial charge in [0.15, 0.2) is 17.4 Å². The first-order chi connectivity index (χ1) is 12.4. The number of aromatic nitrogens is 4. The normalized spacial score (nSPS) is 25.9. The number of ether oxygens (including phenoxy) is 2. The molecule has 1 aliphatic rings. The van der Waals surface area contributed by atoms with Crippen LogP contribution < -0.4 is 10.9 Å². The van der Waals surface area contributed by atoms with Crippen molar-refractivity contribution < 1.29 is 24.5 Å². The molecule has 0 spiro atoms. The lowest BCUT2D eigenvalue weighted by molar-refractivity contribution is -0.118. The fourth-order valence-electron chi connectivity index (χ4n) is 2.78. The molecule has 11 heteroatoms. The average molecular weight is 367 g/mol. The highest BCUT2D eigenvalue weighted by atomic mass is 16.6. The summed E-state index contributed by atoms with van der Waals surface area (Å²) in [6, 6.07) is 0. The number of amides is 1. The molecule has 26 heavy (non-hydrogen) atoms. The van der Waals surface area contributed by atoms with Gasteiger partial charge in [-0.05, 0) is 0 Å². The first-order valence-electron chi connectivity index (χ1n) is 8.12. The number of aliphatic hydroxyl groups excluding tert-OH is 2. The van der Waals surface area contributed by atoms with Crippen LogP contribution in [0.15, 0.2) is 11.1 Å². The lowest BCUT2D eigenvalue weighted by Gasteiger charge is -2.20. The maximum atomic E-state index is 12.2. The molecule has 0 aromatic carbocycles. The maximum Gasteiger partial charge on any atom is 0.280 e. The van der Waals surface area contributed by atoms with E-state index in [0.717, 1.165) is 0 Å². The summed E-state index contributed by atoms with van der Waals surface area (Å²) in [7, 11) is 1.40. The zero-order chi connectivity index (χ0) is 19.0. The number of H-pyrrole nitrogens is 1. The lowest BCUT2D eigenvalue weighted by atomic mass is 10.1. The van der Waals surface area contributed by atoms with Gasteiger partial charge in [0.1, 0.15) is 18.3 Å². The molecular formula is C15H21N5O6. The zero-order valence-electron chi connectivity index (χ0n) is 14.5. The molecule has 1 unspecified atom stereocenters. The van der Waals surface area contributed by atoms with Gasteiger partial charge in [0.25, 0.3) is 5.56 Å². The quantitative estimate of drug-likeness (QED) is 0.524. The van der Waals surface area contributed by atoms with Gasteiger partial charge in [-0.3, -0.25) is 24.5 Å². The summed E-state index contributed by atoms with van der Waals surface area (Å²) in [6.45, 7) is 3.03. The van der Waals surface area contributed by atoms with Crippen LogP contribution in [0.5, 0.6) is 0 Å². The molecule has 3 heterocycles. The van der Waals surface area contributed by atoms with Crippen molar-refractivity contribution in [1.29, 1.82) is 0 Å². The number of hydrogen-bond donors (Lipinski definition) is 4. The molecule has 4 N–H and O–H groups in total. The highest BCUT2D eigenvalue weighted by Gasteiger charge is 2.45. The van der Waals surface area contributed by atoms with Gasteiger partial charge in [-0.25, -0.2) is 4.98 Å². The van der Waals surface area contributed by atoms with Crippen molar-refractivity contribution in [3.8, 4) is 0 Å². The second-order valence-corrected chi connectivity index (χ2v) is 6.32. The number of aliphatic hydroxyl groups is 2. The smallest absolute Gasteiger partial charge is 0.280 e. The summed E-state index contributed by atoms with van der Waals surface area (Å²) < 4.78 is 12.3. The number of aromatic amines is 1. The molecule has 4 atom stereocenters. The molecule has 142 valence electrons. The van der Waals surface area contributed by atoms with Gasteiger partial charge in [-0.15, -0.1) is 0 Å². The standard InChI is InChI=1S/C15H21N5O6/c1-6(2)12(23)18-15-17-11-8(13(24)19-15)16-5-20(11)14-10(25-3)9(22)7(4-21)26-14/h5-7,9-10,14,21-22H,4H2,1-3H3,(H2,17,18,19,23,24)/t7-,9+,10?,14-/m1/s1. The predicted molar refractivity (Wildman–Crippen MR) is 89.4 cm³/mol. The van der Waals surface area contributed by atoms with Gasteiger partial charge in [0.05, 0.1) is 12.9 Å². The van der Waals surface area contributed by atoms with Crippen LogP contribution in [0.4, 0.5) is 5.95 Å². The third-order valence-corrected chi connectivity index (χ3v) is 4.24. The van der Waals surface area contributed by atoms with E-state index in [0.29, 0.717) is 0 Å². The fraction of sp³-hybridized carbons (Fsp3) is 0.600. The molecule has 0 radical (unpaired) electrons. The van der Waals surface area contributed by atoms with Crippen LogP contribution >= 0.6 is 0 Å². The summed E-state index contributed by atoms with van der Waals surface area (Å²) in [5, 5.41) is 22.1. The molecule has 1 saturated heterocycles. The molecule has 2 aromatic heterocycles. The number of fused-ring (bicyclic) bond motifs is 1. The zero-order valence-corrected chi connectivity index (χ0v) is 14.5. The minimum atomic E-state index is -1.06. The van der Waals surface area contributed by atoms with E-state index in [1.807, 2.05) is 0 Å². The summed E-state index contributed by atoms with van der Waals surface area (Å²) >= 11 is 0. The predicted octanol–water partition coefficient (Wildman–Crippen LogP) is -1.02. The Labute approximate surface area is 148 Å². The second-order valence-electron chi connectivity index (χ2n) is 6.32. The van der Waals surface area contributed by atoms with Crippen LogP contribution in [0, 0.1) is 5.92 Å². The van der Waals surface area contributed by atoms with E-state index in [-0.39, 0.29) is 28.9 Å². The maximum absolute atomic E-state index is 12.2. The van der Waals surface area contributed by atoms with E-state index in [2.05, 4.69) is 20.3 Å². The Kier molecular flexibility index (Phi) is 5.05. The minimum Gasteiger partial charge on any atom is -0.394 e. The van der Waals surface area contributed by atoms with Gasteiger partial charge in [0, 0.05) is 13.0 Å². The number of hydrogen-bond acceptors (Lipinski definition) is 8. The van der Waals surface area contributed by atoms with Crippen LogP contribution in [-0.4, -0.2) is 67.7 Å². The van der Waals surface area contributed by atoms with E-state index in [1.165, 1.54) is 18.0 Å². The van der Waals surface area contributed by atoms with Crippen LogP contribution in [0.25, 0.3) is 11.2 Å². The van der Waals surface area contributed by atoms with Crippen molar-refractivity contribution in [1.82, 2.24) is 19.5 Å². The van der Waals surface area contributed by atoms with Crippen LogP contribution in [0.1, 0.15) is 20.1 Å². The van der Waals surface area contributed by atoms with Crippen molar-refractivity contribution >= 4 is 23.0 Å². The van der Waals surface area contributed by atoms with E-state index < -0.39 is 36.7 Å².